The van der Waals surface area contributed by atoms with Crippen molar-refractivity contribution in [3.8, 4) is 0 Å². The van der Waals surface area contributed by atoms with E-state index in [0.717, 1.165) is 12.8 Å². The maximum atomic E-state index is 12.9. The van der Waals surface area contributed by atoms with Crippen molar-refractivity contribution in [3.63, 3.8) is 0 Å². The second kappa shape index (κ2) is 15.9. The fraction of sp³-hybridized carbons (Fsp3) is 0.133. The Bertz CT molecular complexity index is 1330. The minimum absolute atomic E-state index is 0.266. The number of amides is 4. The van der Waals surface area contributed by atoms with E-state index in [1.165, 1.54) is 9.80 Å². The molecule has 0 bridgehead atoms. The Labute approximate surface area is 243 Å². The van der Waals surface area contributed by atoms with Gasteiger partial charge in [0.15, 0.2) is 0 Å². The van der Waals surface area contributed by atoms with Crippen LogP contribution in [0.1, 0.15) is 20.7 Å². The molecule has 40 heavy (non-hydrogen) atoms. The quantitative estimate of drug-likeness (QED) is 0.271. The summed E-state index contributed by atoms with van der Waals surface area (Å²) < 4.78 is 0. The average molecular weight is 582 g/mol. The van der Waals surface area contributed by atoms with Crippen LogP contribution in [-0.4, -0.2) is 62.6 Å². The predicted molar refractivity (Wildman–Crippen MR) is 162 cm³/mol. The van der Waals surface area contributed by atoms with Gasteiger partial charge in [-0.1, -0.05) is 47.5 Å². The van der Waals surface area contributed by atoms with Crippen LogP contribution >= 0.6 is 23.2 Å². The molecule has 208 valence electrons. The summed E-state index contributed by atoms with van der Waals surface area (Å²) in [5.41, 5.74) is 2.23. The van der Waals surface area contributed by atoms with Crippen molar-refractivity contribution >= 4 is 70.0 Å². The Morgan fingerprint density at radius 1 is 0.575 bits per heavy atom. The van der Waals surface area contributed by atoms with Crippen LogP contribution in [0.2, 0.25) is 10.0 Å². The van der Waals surface area contributed by atoms with Crippen LogP contribution in [0.4, 0.5) is 11.4 Å². The number of hydrogen-bond donors (Lipinski definition) is 2. The van der Waals surface area contributed by atoms with Crippen LogP contribution in [0.5, 0.6) is 0 Å². The van der Waals surface area contributed by atoms with Crippen molar-refractivity contribution in [2.75, 3.05) is 38.8 Å². The van der Waals surface area contributed by atoms with Gasteiger partial charge in [0.2, 0.25) is 12.8 Å². The highest BCUT2D eigenvalue weighted by Gasteiger charge is 2.16. The molecule has 4 amide bonds. The molecular formula is C30H30Cl2N4O4. The molecular weight excluding hydrogens is 551 g/mol. The van der Waals surface area contributed by atoms with Gasteiger partial charge in [0.1, 0.15) is 0 Å². The zero-order valence-electron chi connectivity index (χ0n) is 22.5. The summed E-state index contributed by atoms with van der Waals surface area (Å²) >= 11 is 11.8. The number of rotatable bonds is 6. The fourth-order valence-electron chi connectivity index (χ4n) is 3.16. The van der Waals surface area contributed by atoms with Crippen molar-refractivity contribution in [1.29, 1.82) is 0 Å². The van der Waals surface area contributed by atoms with Crippen LogP contribution in [0.3, 0.4) is 0 Å². The molecule has 4 aromatic rings. The number of benzene rings is 4. The molecule has 0 heterocycles. The van der Waals surface area contributed by atoms with Gasteiger partial charge in [0.05, 0.1) is 0 Å². The Balaban J connectivity index is 0.000000482. The van der Waals surface area contributed by atoms with Crippen LogP contribution in [0.25, 0.3) is 10.8 Å². The Morgan fingerprint density at radius 2 is 0.875 bits per heavy atom. The summed E-state index contributed by atoms with van der Waals surface area (Å²) in [5, 5.41) is 8.28. The van der Waals surface area contributed by atoms with E-state index in [0.29, 0.717) is 43.3 Å². The topological polar surface area (TPSA) is 98.8 Å². The number of anilines is 2. The van der Waals surface area contributed by atoms with Crippen LogP contribution < -0.4 is 10.6 Å². The second-order valence-corrected chi connectivity index (χ2v) is 9.64. The molecule has 10 heteroatoms. The monoisotopic (exact) mass is 580 g/mol. The van der Waals surface area contributed by atoms with Gasteiger partial charge in [-0.05, 0) is 71.4 Å². The number of hydrogen-bond acceptors (Lipinski definition) is 4. The van der Waals surface area contributed by atoms with Gasteiger partial charge in [-0.15, -0.1) is 0 Å². The Hall–Kier alpha value is -4.40. The highest BCUT2D eigenvalue weighted by Crippen LogP contribution is 2.25. The van der Waals surface area contributed by atoms with E-state index in [9.17, 15) is 19.2 Å². The van der Waals surface area contributed by atoms with E-state index in [4.69, 9.17) is 23.2 Å². The van der Waals surface area contributed by atoms with Gasteiger partial charge in [0, 0.05) is 60.7 Å². The van der Waals surface area contributed by atoms with Crippen molar-refractivity contribution in [1.82, 2.24) is 9.80 Å². The van der Waals surface area contributed by atoms with Crippen molar-refractivity contribution < 1.29 is 19.2 Å². The molecule has 0 atom stereocenters. The standard InChI is InChI=1S/C24H16Cl2N2O2.2C3H7NO/c25-15-5-9-17(10-6-15)27-23(29)21-13-14-22(20-4-2-1-3-19(20)21)24(30)28-18-11-7-16(26)8-12-18;2*1-4(2)3-5/h1-14H,(H,27,29)(H,28,30);2*3H,1-2H3. The predicted octanol–water partition coefficient (Wildman–Crippen LogP) is 6.06. The molecule has 2 N–H and O–H groups in total. The first-order chi connectivity index (χ1) is 19.0. The number of halogens is 2. The van der Waals surface area contributed by atoms with E-state index in [1.54, 1.807) is 88.9 Å². The number of fused-ring (bicyclic) bond motifs is 1. The van der Waals surface area contributed by atoms with Crippen molar-refractivity contribution in [3.05, 3.63) is 106 Å². The summed E-state index contributed by atoms with van der Waals surface area (Å²) in [7, 11) is 6.75. The van der Waals surface area contributed by atoms with E-state index in [1.807, 2.05) is 24.3 Å². The number of carbonyl (C=O) groups excluding carboxylic acids is 4. The number of nitrogens with one attached hydrogen (secondary N) is 2. The maximum Gasteiger partial charge on any atom is 0.256 e. The second-order valence-electron chi connectivity index (χ2n) is 8.77. The summed E-state index contributed by atoms with van der Waals surface area (Å²) in [6.45, 7) is 0. The van der Waals surface area contributed by atoms with E-state index in [-0.39, 0.29) is 11.8 Å². The van der Waals surface area contributed by atoms with Gasteiger partial charge in [-0.3, -0.25) is 19.2 Å². The van der Waals surface area contributed by atoms with Gasteiger partial charge in [0.25, 0.3) is 11.8 Å². The third-order valence-corrected chi connectivity index (χ3v) is 5.54. The Kier molecular flexibility index (Phi) is 12.6. The summed E-state index contributed by atoms with van der Waals surface area (Å²) in [6.07, 6.45) is 1.50. The van der Waals surface area contributed by atoms with Gasteiger partial charge >= 0.3 is 0 Å². The molecule has 0 aliphatic heterocycles. The molecule has 0 fully saturated rings. The minimum Gasteiger partial charge on any atom is -0.351 e. The summed E-state index contributed by atoms with van der Waals surface area (Å²) in [6, 6.07) is 24.4. The first-order valence-electron chi connectivity index (χ1n) is 11.9. The minimum atomic E-state index is -0.266. The average Bonchev–Trinajstić information content (AvgIpc) is 2.95. The molecule has 0 saturated heterocycles. The first-order valence-corrected chi connectivity index (χ1v) is 12.7. The largest absolute Gasteiger partial charge is 0.351 e. The van der Waals surface area contributed by atoms with E-state index in [2.05, 4.69) is 10.6 Å². The lowest BCUT2D eigenvalue weighted by Gasteiger charge is -2.12. The zero-order valence-corrected chi connectivity index (χ0v) is 24.0. The zero-order chi connectivity index (χ0) is 29.7. The van der Waals surface area contributed by atoms with Gasteiger partial charge in [-0.25, -0.2) is 0 Å². The van der Waals surface area contributed by atoms with Crippen molar-refractivity contribution in [2.45, 2.75) is 0 Å². The Morgan fingerprint density at radius 3 is 1.15 bits per heavy atom. The number of nitrogens with zero attached hydrogens (tertiary/aromatic N) is 2. The lowest BCUT2D eigenvalue weighted by atomic mass is 9.98. The smallest absolute Gasteiger partial charge is 0.256 e. The van der Waals surface area contributed by atoms with Crippen LogP contribution in [0, 0.1) is 0 Å². The van der Waals surface area contributed by atoms with E-state index >= 15 is 0 Å². The van der Waals surface area contributed by atoms with Crippen molar-refractivity contribution in [2.24, 2.45) is 0 Å². The third-order valence-electron chi connectivity index (χ3n) is 5.04. The lowest BCUT2D eigenvalue weighted by molar-refractivity contribution is -0.116. The molecule has 4 aromatic carbocycles. The normalized spacial score (nSPS) is 9.65. The SMILES string of the molecule is CN(C)C=O.CN(C)C=O.O=C(Nc1ccc(Cl)cc1)c1ccc(C(=O)Nc2ccc(Cl)cc2)c2ccccc12. The first kappa shape index (κ1) is 31.8. The van der Waals surface area contributed by atoms with Crippen LogP contribution in [-0.2, 0) is 9.59 Å². The lowest BCUT2D eigenvalue weighted by Crippen LogP contribution is -2.15. The third kappa shape index (κ3) is 10.1. The van der Waals surface area contributed by atoms with Crippen LogP contribution in [0.15, 0.2) is 84.9 Å². The molecule has 8 nitrogen and oxygen atoms in total. The molecule has 0 aliphatic rings. The molecule has 0 radical (unpaired) electrons. The summed E-state index contributed by atoms with van der Waals surface area (Å²) in [5.74, 6) is -0.531. The molecule has 4 rings (SSSR count). The highest BCUT2D eigenvalue weighted by molar-refractivity contribution is 6.31. The number of carbonyl (C=O) groups is 4. The maximum absolute atomic E-state index is 12.9. The van der Waals surface area contributed by atoms with Gasteiger partial charge in [-0.2, -0.15) is 0 Å². The fourth-order valence-corrected chi connectivity index (χ4v) is 3.41. The summed E-state index contributed by atoms with van der Waals surface area (Å²) in [4.78, 5) is 47.5. The van der Waals surface area contributed by atoms with E-state index < -0.39 is 0 Å². The molecule has 0 spiro atoms. The molecule has 0 saturated carbocycles. The van der Waals surface area contributed by atoms with Gasteiger partial charge < -0.3 is 20.4 Å². The molecule has 0 unspecified atom stereocenters. The molecule has 0 aromatic heterocycles. The molecule has 0 aliphatic carbocycles. The highest BCUT2D eigenvalue weighted by atomic mass is 35.5.